The zero-order valence-electron chi connectivity index (χ0n) is 21.6. The summed E-state index contributed by atoms with van der Waals surface area (Å²) in [6, 6.07) is 42.3. The van der Waals surface area contributed by atoms with Crippen molar-refractivity contribution in [1.29, 1.82) is 0 Å². The zero-order chi connectivity index (χ0) is 24.6. The number of aromatic nitrogens is 2. The van der Waals surface area contributed by atoms with Crippen LogP contribution in [0.25, 0.3) is 11.0 Å². The second-order valence-corrected chi connectivity index (χ2v) is 13.2. The molecule has 0 radical (unpaired) electrons. The number of rotatable bonds is 11. The van der Waals surface area contributed by atoms with Crippen LogP contribution >= 0.6 is 7.26 Å². The Morgan fingerprint density at radius 1 is 0.568 bits per heavy atom. The molecule has 5 aromatic rings. The Kier molecular flexibility index (Phi) is 9.94. The van der Waals surface area contributed by atoms with E-state index in [2.05, 4.69) is 127 Å². The molecule has 0 aliphatic rings. The lowest BCUT2D eigenvalue weighted by atomic mass is 10.1. The van der Waals surface area contributed by atoms with Crippen LogP contribution in [0, 0.1) is 6.92 Å². The zero-order valence-corrected chi connectivity index (χ0v) is 24.7. The summed E-state index contributed by atoms with van der Waals surface area (Å²) in [5.41, 5.74) is 2.37. The number of aryl methyl sites for hydroxylation is 2. The summed E-state index contributed by atoms with van der Waals surface area (Å²) >= 11 is 0. The number of hydrogen-bond acceptors (Lipinski definition) is 1. The second-order valence-electron chi connectivity index (χ2n) is 9.61. The van der Waals surface area contributed by atoms with Gasteiger partial charge in [-0.25, -0.2) is 4.98 Å². The quantitative estimate of drug-likeness (QED) is 0.123. The number of imidazole rings is 1. The van der Waals surface area contributed by atoms with Gasteiger partial charge in [-0.2, -0.15) is 0 Å². The van der Waals surface area contributed by atoms with Crippen molar-refractivity contribution < 1.29 is 24.0 Å². The van der Waals surface area contributed by atoms with Crippen LogP contribution in [0.2, 0.25) is 0 Å². The summed E-state index contributed by atoms with van der Waals surface area (Å²) in [4.78, 5) is 4.72. The summed E-state index contributed by atoms with van der Waals surface area (Å²) in [6.45, 7) is 3.18. The van der Waals surface area contributed by atoms with Crippen LogP contribution in [0.4, 0.5) is 0 Å². The molecule has 1 aromatic heterocycles. The third-order valence-corrected chi connectivity index (χ3v) is 11.8. The molecular weight excluding hydrogens is 582 g/mol. The Morgan fingerprint density at radius 3 is 1.59 bits per heavy atom. The third kappa shape index (κ3) is 6.16. The molecule has 0 spiro atoms. The number of nitrogens with zero attached hydrogens (tertiary/aromatic N) is 2. The number of benzene rings is 4. The Hall–Kier alpha value is -2.49. The van der Waals surface area contributed by atoms with Crippen LogP contribution in [0.5, 0.6) is 0 Å². The van der Waals surface area contributed by atoms with Gasteiger partial charge in [-0.3, -0.25) is 0 Å². The monoisotopic (exact) mass is 618 g/mol. The first kappa shape index (κ1) is 27.5. The van der Waals surface area contributed by atoms with Crippen LogP contribution in [0.15, 0.2) is 115 Å². The van der Waals surface area contributed by atoms with Gasteiger partial charge >= 0.3 is 0 Å². The molecule has 0 atom stereocenters. The molecule has 190 valence electrons. The van der Waals surface area contributed by atoms with Crippen molar-refractivity contribution in [1.82, 2.24) is 9.55 Å². The molecule has 0 bridgehead atoms. The topological polar surface area (TPSA) is 17.8 Å². The summed E-state index contributed by atoms with van der Waals surface area (Å²) in [6.07, 6.45) is 7.49. The van der Waals surface area contributed by atoms with E-state index in [1.807, 2.05) is 0 Å². The lowest BCUT2D eigenvalue weighted by molar-refractivity contribution is -0.00000728. The Labute approximate surface area is 239 Å². The molecule has 1 heterocycles. The Bertz CT molecular complexity index is 1270. The van der Waals surface area contributed by atoms with E-state index in [4.69, 9.17) is 4.98 Å². The van der Waals surface area contributed by atoms with Crippen LogP contribution in [-0.4, -0.2) is 15.7 Å². The predicted octanol–water partition coefficient (Wildman–Crippen LogP) is 4.29. The SMILES string of the molecule is Cc1nc2ccccc2n1CCCCCCC[P+](c1ccccc1)(c1ccccc1)c1ccccc1.[I-]. The van der Waals surface area contributed by atoms with E-state index < -0.39 is 7.26 Å². The van der Waals surface area contributed by atoms with Crippen molar-refractivity contribution in [3.63, 3.8) is 0 Å². The molecule has 4 heteroatoms. The highest BCUT2D eigenvalue weighted by molar-refractivity contribution is 7.95. The van der Waals surface area contributed by atoms with E-state index in [0.717, 1.165) is 17.9 Å². The Balaban J connectivity index is 0.00000320. The molecule has 2 nitrogen and oxygen atoms in total. The van der Waals surface area contributed by atoms with Crippen molar-refractivity contribution in [2.45, 2.75) is 45.6 Å². The molecule has 4 aromatic carbocycles. The fourth-order valence-corrected chi connectivity index (χ4v) is 9.92. The number of fused-ring (bicyclic) bond motifs is 1. The molecule has 0 aliphatic carbocycles. The summed E-state index contributed by atoms with van der Waals surface area (Å²) in [5.74, 6) is 1.12. The average Bonchev–Trinajstić information content (AvgIpc) is 3.26. The lowest BCUT2D eigenvalue weighted by Gasteiger charge is -2.27. The van der Waals surface area contributed by atoms with Gasteiger partial charge in [-0.1, -0.05) is 79.6 Å². The maximum Gasteiger partial charge on any atom is 0.112 e. The Morgan fingerprint density at radius 2 is 1.03 bits per heavy atom. The van der Waals surface area contributed by atoms with E-state index in [9.17, 15) is 0 Å². The first-order valence-electron chi connectivity index (χ1n) is 13.3. The first-order chi connectivity index (χ1) is 17.8. The highest BCUT2D eigenvalue weighted by Gasteiger charge is 2.44. The van der Waals surface area contributed by atoms with Gasteiger partial charge in [0, 0.05) is 6.54 Å². The van der Waals surface area contributed by atoms with Crippen LogP contribution in [0.1, 0.15) is 37.9 Å². The normalized spacial score (nSPS) is 11.4. The predicted molar refractivity (Wildman–Crippen MR) is 158 cm³/mol. The lowest BCUT2D eigenvalue weighted by Crippen LogP contribution is -3.00. The maximum atomic E-state index is 4.72. The van der Waals surface area contributed by atoms with Gasteiger partial charge in [0.1, 0.15) is 29.0 Å². The van der Waals surface area contributed by atoms with Crippen molar-refractivity contribution in [2.24, 2.45) is 0 Å². The second kappa shape index (κ2) is 13.3. The van der Waals surface area contributed by atoms with E-state index >= 15 is 0 Å². The number of para-hydroxylation sites is 2. The third-order valence-electron chi connectivity index (χ3n) is 7.31. The highest BCUT2D eigenvalue weighted by atomic mass is 127. The molecule has 0 fully saturated rings. The molecule has 0 unspecified atom stereocenters. The van der Waals surface area contributed by atoms with E-state index in [1.165, 1.54) is 59.7 Å². The number of unbranched alkanes of at least 4 members (excludes halogenated alkanes) is 4. The molecule has 0 aliphatic heterocycles. The van der Waals surface area contributed by atoms with Crippen molar-refractivity contribution >= 4 is 34.2 Å². The number of halogens is 1. The highest BCUT2D eigenvalue weighted by Crippen LogP contribution is 2.56. The van der Waals surface area contributed by atoms with Gasteiger partial charge in [0.2, 0.25) is 0 Å². The standard InChI is InChI=1S/C33H36N2P.HI/c1-28-34-32-24-14-15-25-33(32)35(28)26-16-3-2-4-17-27-36(29-18-8-5-9-19-29,30-20-10-6-11-21-30)31-22-12-7-13-23-31;/h5-15,18-25H,2-4,16-17,26-27H2,1H3;1H/q+1;/p-1. The molecule has 0 amide bonds. The van der Waals surface area contributed by atoms with Gasteiger partial charge in [-0.05, 0) is 74.7 Å². The van der Waals surface area contributed by atoms with Gasteiger partial charge in [0.15, 0.2) is 0 Å². The summed E-state index contributed by atoms with van der Waals surface area (Å²) in [5, 5.41) is 4.47. The van der Waals surface area contributed by atoms with Gasteiger partial charge in [-0.15, -0.1) is 0 Å². The minimum Gasteiger partial charge on any atom is -1.00 e. The smallest absolute Gasteiger partial charge is 0.112 e. The largest absolute Gasteiger partial charge is 1.00 e. The minimum absolute atomic E-state index is 0. The number of hydrogen-bond donors (Lipinski definition) is 0. The van der Waals surface area contributed by atoms with E-state index in [1.54, 1.807) is 0 Å². The minimum atomic E-state index is -1.69. The fraction of sp³-hybridized carbons (Fsp3) is 0.242. The molecule has 37 heavy (non-hydrogen) atoms. The van der Waals surface area contributed by atoms with Crippen LogP contribution in [0.3, 0.4) is 0 Å². The summed E-state index contributed by atoms with van der Waals surface area (Å²) in [7, 11) is -1.69. The molecular formula is C33H36IN2P. The first-order valence-corrected chi connectivity index (χ1v) is 15.2. The van der Waals surface area contributed by atoms with Crippen molar-refractivity contribution in [3.8, 4) is 0 Å². The summed E-state index contributed by atoms with van der Waals surface area (Å²) < 4.78 is 2.38. The molecule has 0 saturated heterocycles. The van der Waals surface area contributed by atoms with E-state index in [-0.39, 0.29) is 24.0 Å². The molecule has 5 rings (SSSR count). The van der Waals surface area contributed by atoms with Gasteiger partial charge < -0.3 is 28.5 Å². The molecule has 0 saturated carbocycles. The van der Waals surface area contributed by atoms with Gasteiger partial charge in [0.05, 0.1) is 17.2 Å². The fourth-order valence-electron chi connectivity index (χ4n) is 5.51. The molecule has 0 N–H and O–H groups in total. The maximum absolute atomic E-state index is 4.72. The van der Waals surface area contributed by atoms with Gasteiger partial charge in [0.25, 0.3) is 0 Å². The van der Waals surface area contributed by atoms with E-state index in [0.29, 0.717) is 0 Å². The van der Waals surface area contributed by atoms with Crippen LogP contribution < -0.4 is 39.9 Å². The van der Waals surface area contributed by atoms with Crippen molar-refractivity contribution in [3.05, 3.63) is 121 Å². The van der Waals surface area contributed by atoms with Crippen molar-refractivity contribution in [2.75, 3.05) is 6.16 Å². The van der Waals surface area contributed by atoms with Crippen LogP contribution in [-0.2, 0) is 6.54 Å². The average molecular weight is 619 g/mol.